The molecule has 0 fully saturated rings. The van der Waals surface area contributed by atoms with Gasteiger partial charge in [0.05, 0.1) is 19.2 Å². The number of carbonyl (C=O) groups is 1. The third-order valence-corrected chi connectivity index (χ3v) is 6.83. The Labute approximate surface area is 200 Å². The van der Waals surface area contributed by atoms with Crippen molar-refractivity contribution in [3.8, 4) is 22.6 Å². The molecule has 0 aliphatic carbocycles. The lowest BCUT2D eigenvalue weighted by atomic mass is 9.98. The van der Waals surface area contributed by atoms with Crippen molar-refractivity contribution in [1.82, 2.24) is 9.47 Å². The summed E-state index contributed by atoms with van der Waals surface area (Å²) in [5.74, 6) is 1.63. The number of ether oxygens (including phenoxy) is 2. The molecule has 174 valence electrons. The smallest absolute Gasteiger partial charge is 0.270 e. The molecule has 0 unspecified atom stereocenters. The molecule has 0 atom stereocenters. The second kappa shape index (κ2) is 8.90. The van der Waals surface area contributed by atoms with Gasteiger partial charge in [0.1, 0.15) is 23.8 Å². The maximum Gasteiger partial charge on any atom is 0.270 e. The normalized spacial score (nSPS) is 13.4. The first-order valence-corrected chi connectivity index (χ1v) is 11.8. The number of hydrogen-bond donors (Lipinski definition) is 0. The van der Waals surface area contributed by atoms with Crippen LogP contribution < -0.4 is 9.47 Å². The van der Waals surface area contributed by atoms with Crippen LogP contribution in [0.5, 0.6) is 11.5 Å². The van der Waals surface area contributed by atoms with E-state index < -0.39 is 0 Å². The molecule has 0 saturated carbocycles. The summed E-state index contributed by atoms with van der Waals surface area (Å²) in [5.41, 5.74) is 7.56. The lowest BCUT2D eigenvalue weighted by Crippen LogP contribution is -2.33. The van der Waals surface area contributed by atoms with Gasteiger partial charge in [-0.05, 0) is 73.4 Å². The fourth-order valence-electron chi connectivity index (χ4n) is 4.78. The topological polar surface area (TPSA) is 43.7 Å². The highest BCUT2D eigenvalue weighted by Crippen LogP contribution is 2.32. The predicted octanol–water partition coefficient (Wildman–Crippen LogP) is 5.99. The van der Waals surface area contributed by atoms with Gasteiger partial charge in [0.25, 0.3) is 5.91 Å². The highest BCUT2D eigenvalue weighted by Gasteiger charge is 2.25. The fraction of sp³-hybridized carbons (Fsp3) is 0.276. The number of methoxy groups -OCH3 is 1. The summed E-state index contributed by atoms with van der Waals surface area (Å²) in [7, 11) is 1.66. The van der Waals surface area contributed by atoms with Crippen LogP contribution >= 0.6 is 0 Å². The Balaban J connectivity index is 1.50. The monoisotopic (exact) mass is 454 g/mol. The van der Waals surface area contributed by atoms with Gasteiger partial charge >= 0.3 is 0 Å². The van der Waals surface area contributed by atoms with Crippen molar-refractivity contribution in [2.75, 3.05) is 20.3 Å². The number of aromatic nitrogens is 1. The molecule has 1 aromatic heterocycles. The maximum atomic E-state index is 13.8. The summed E-state index contributed by atoms with van der Waals surface area (Å²) >= 11 is 0. The standard InChI is InChI=1S/C29H30N2O3/c1-5-31-25-7-6-8-28(33-4)24(25)17-26(31)29(32)30-13-14-34-27-12-11-22(16-23(27)18-30)21-10-9-19(2)20(3)15-21/h6-12,15-17H,5,13-14,18H2,1-4H3. The van der Waals surface area contributed by atoms with Gasteiger partial charge in [0.15, 0.2) is 0 Å². The third-order valence-electron chi connectivity index (χ3n) is 6.83. The van der Waals surface area contributed by atoms with E-state index >= 15 is 0 Å². The lowest BCUT2D eigenvalue weighted by molar-refractivity contribution is 0.0723. The van der Waals surface area contributed by atoms with Crippen LogP contribution in [0.15, 0.2) is 60.7 Å². The quantitative estimate of drug-likeness (QED) is 0.381. The molecule has 4 aromatic rings. The molecule has 1 amide bonds. The zero-order valence-electron chi connectivity index (χ0n) is 20.2. The van der Waals surface area contributed by atoms with Crippen molar-refractivity contribution < 1.29 is 14.3 Å². The first-order valence-electron chi connectivity index (χ1n) is 11.8. The summed E-state index contributed by atoms with van der Waals surface area (Å²) in [5, 5.41) is 0.957. The average molecular weight is 455 g/mol. The maximum absolute atomic E-state index is 13.8. The molecule has 0 bridgehead atoms. The molecular formula is C29H30N2O3. The van der Waals surface area contributed by atoms with E-state index in [2.05, 4.69) is 55.7 Å². The van der Waals surface area contributed by atoms with Crippen LogP contribution in [-0.4, -0.2) is 35.6 Å². The molecule has 5 nitrogen and oxygen atoms in total. The van der Waals surface area contributed by atoms with Crippen molar-refractivity contribution >= 4 is 16.8 Å². The number of fused-ring (bicyclic) bond motifs is 2. The number of carbonyl (C=O) groups excluding carboxylic acids is 1. The predicted molar refractivity (Wildman–Crippen MR) is 136 cm³/mol. The second-order valence-electron chi connectivity index (χ2n) is 8.86. The summed E-state index contributed by atoms with van der Waals surface area (Å²) < 4.78 is 13.6. The lowest BCUT2D eigenvalue weighted by Gasteiger charge is -2.21. The van der Waals surface area contributed by atoms with Crippen LogP contribution in [0.1, 0.15) is 34.1 Å². The Bertz CT molecular complexity index is 1390. The minimum atomic E-state index is 0.00753. The number of amides is 1. The number of benzene rings is 3. The summed E-state index contributed by atoms with van der Waals surface area (Å²) in [6.07, 6.45) is 0. The van der Waals surface area contributed by atoms with Gasteiger partial charge in [-0.25, -0.2) is 0 Å². The number of hydrogen-bond acceptors (Lipinski definition) is 3. The molecule has 0 N–H and O–H groups in total. The van der Waals surface area contributed by atoms with Gasteiger partial charge in [-0.2, -0.15) is 0 Å². The molecule has 0 saturated heterocycles. The van der Waals surface area contributed by atoms with Crippen molar-refractivity contribution in [2.45, 2.75) is 33.9 Å². The van der Waals surface area contributed by atoms with Crippen LogP contribution in [0.2, 0.25) is 0 Å². The number of rotatable bonds is 4. The van der Waals surface area contributed by atoms with Crippen LogP contribution in [0.25, 0.3) is 22.0 Å². The van der Waals surface area contributed by atoms with Gasteiger partial charge in [-0.1, -0.05) is 30.3 Å². The van der Waals surface area contributed by atoms with E-state index in [0.29, 0.717) is 31.9 Å². The summed E-state index contributed by atoms with van der Waals surface area (Å²) in [4.78, 5) is 15.6. The average Bonchev–Trinajstić information content (AvgIpc) is 3.10. The SMILES string of the molecule is CCn1c(C(=O)N2CCOc3ccc(-c4ccc(C)c(C)c4)cc3C2)cc2c(OC)cccc21. The third kappa shape index (κ3) is 3.81. The van der Waals surface area contributed by atoms with E-state index in [4.69, 9.17) is 9.47 Å². The minimum Gasteiger partial charge on any atom is -0.496 e. The molecule has 2 heterocycles. The van der Waals surface area contributed by atoms with Crippen LogP contribution in [0.3, 0.4) is 0 Å². The van der Waals surface area contributed by atoms with Gasteiger partial charge in [0, 0.05) is 24.0 Å². The Morgan fingerprint density at radius 3 is 2.56 bits per heavy atom. The van der Waals surface area contributed by atoms with Crippen LogP contribution in [-0.2, 0) is 13.1 Å². The molecule has 0 radical (unpaired) electrons. The van der Waals surface area contributed by atoms with E-state index in [9.17, 15) is 4.79 Å². The largest absolute Gasteiger partial charge is 0.496 e. The molecule has 3 aromatic carbocycles. The van der Waals surface area contributed by atoms with Gasteiger partial charge < -0.3 is 18.9 Å². The number of aryl methyl sites for hydroxylation is 3. The van der Waals surface area contributed by atoms with E-state index in [1.807, 2.05) is 35.2 Å². The molecule has 1 aliphatic heterocycles. The minimum absolute atomic E-state index is 0.00753. The highest BCUT2D eigenvalue weighted by atomic mass is 16.5. The highest BCUT2D eigenvalue weighted by molar-refractivity contribution is 6.00. The Morgan fingerprint density at radius 2 is 1.79 bits per heavy atom. The molecule has 5 heteroatoms. The van der Waals surface area contributed by atoms with Gasteiger partial charge in [0.2, 0.25) is 0 Å². The zero-order valence-corrected chi connectivity index (χ0v) is 20.2. The number of nitrogens with zero attached hydrogens (tertiary/aromatic N) is 2. The molecule has 0 spiro atoms. The van der Waals surface area contributed by atoms with Gasteiger partial charge in [-0.3, -0.25) is 4.79 Å². The van der Waals surface area contributed by atoms with Crippen LogP contribution in [0.4, 0.5) is 0 Å². The van der Waals surface area contributed by atoms with Gasteiger partial charge in [-0.15, -0.1) is 0 Å². The van der Waals surface area contributed by atoms with Crippen molar-refractivity contribution in [3.63, 3.8) is 0 Å². The van der Waals surface area contributed by atoms with Crippen molar-refractivity contribution in [1.29, 1.82) is 0 Å². The summed E-state index contributed by atoms with van der Waals surface area (Å²) in [6, 6.07) is 20.7. The summed E-state index contributed by atoms with van der Waals surface area (Å²) in [6.45, 7) is 8.54. The van der Waals surface area contributed by atoms with E-state index in [1.165, 1.54) is 16.7 Å². The van der Waals surface area contributed by atoms with Crippen LogP contribution in [0, 0.1) is 13.8 Å². The molecule has 34 heavy (non-hydrogen) atoms. The Morgan fingerprint density at radius 1 is 1.00 bits per heavy atom. The molecule has 5 rings (SSSR count). The van der Waals surface area contributed by atoms with Crippen molar-refractivity contribution in [2.24, 2.45) is 0 Å². The van der Waals surface area contributed by atoms with E-state index in [1.54, 1.807) is 7.11 Å². The van der Waals surface area contributed by atoms with E-state index in [-0.39, 0.29) is 5.91 Å². The fourth-order valence-corrected chi connectivity index (χ4v) is 4.78. The Hall–Kier alpha value is -3.73. The first-order chi connectivity index (χ1) is 16.5. The zero-order chi connectivity index (χ0) is 23.8. The second-order valence-corrected chi connectivity index (χ2v) is 8.86. The Kier molecular flexibility index (Phi) is 5.78. The van der Waals surface area contributed by atoms with E-state index in [0.717, 1.165) is 33.5 Å². The molecule has 1 aliphatic rings. The van der Waals surface area contributed by atoms with Crippen molar-refractivity contribution in [3.05, 3.63) is 83.0 Å². The molecular weight excluding hydrogens is 424 g/mol. The first kappa shape index (κ1) is 22.1.